The predicted octanol–water partition coefficient (Wildman–Crippen LogP) is 4.32. The molecule has 29 heavy (non-hydrogen) atoms. The number of carbonyl (C=O) groups is 1. The summed E-state index contributed by atoms with van der Waals surface area (Å²) in [5.41, 5.74) is 1.99. The first-order valence-electron chi connectivity index (χ1n) is 9.64. The predicted molar refractivity (Wildman–Crippen MR) is 116 cm³/mol. The van der Waals surface area contributed by atoms with E-state index in [-0.39, 0.29) is 11.8 Å². The first kappa shape index (κ1) is 19.3. The Balaban J connectivity index is 1.43. The molecule has 3 heterocycles. The minimum Gasteiger partial charge on any atom is -0.338 e. The summed E-state index contributed by atoms with van der Waals surface area (Å²) in [6.07, 6.45) is 6.26. The van der Waals surface area contributed by atoms with Crippen LogP contribution in [0.3, 0.4) is 0 Å². The Morgan fingerprint density at radius 2 is 2.07 bits per heavy atom. The van der Waals surface area contributed by atoms with Crippen LogP contribution in [0.1, 0.15) is 34.3 Å². The van der Waals surface area contributed by atoms with Crippen molar-refractivity contribution in [2.75, 3.05) is 18.4 Å². The number of anilines is 2. The van der Waals surface area contributed by atoms with E-state index < -0.39 is 0 Å². The second kappa shape index (κ2) is 8.53. The van der Waals surface area contributed by atoms with Crippen molar-refractivity contribution >= 4 is 34.3 Å². The van der Waals surface area contributed by atoms with E-state index in [9.17, 15) is 4.79 Å². The highest BCUT2D eigenvalue weighted by Crippen LogP contribution is 2.29. The van der Waals surface area contributed by atoms with Gasteiger partial charge in [0.2, 0.25) is 5.91 Å². The van der Waals surface area contributed by atoms with Gasteiger partial charge in [0.25, 0.3) is 0 Å². The summed E-state index contributed by atoms with van der Waals surface area (Å²) >= 11 is 1.59. The molecule has 0 saturated carbocycles. The average Bonchev–Trinajstić information content (AvgIpc) is 3.36. The average molecular weight is 406 g/mol. The van der Waals surface area contributed by atoms with Crippen molar-refractivity contribution in [3.05, 3.63) is 70.6 Å². The first-order valence-corrected chi connectivity index (χ1v) is 10.5. The summed E-state index contributed by atoms with van der Waals surface area (Å²) in [5, 5.41) is 4.09. The highest BCUT2D eigenvalue weighted by molar-refractivity contribution is 7.15. The molecule has 1 N–H and O–H groups in total. The Hall–Kier alpha value is -3.06. The van der Waals surface area contributed by atoms with Crippen LogP contribution >= 0.6 is 11.3 Å². The van der Waals surface area contributed by atoms with Crippen LogP contribution in [0.4, 0.5) is 10.9 Å². The van der Waals surface area contributed by atoms with E-state index >= 15 is 0 Å². The molecule has 1 amide bonds. The largest absolute Gasteiger partial charge is 0.338 e. The van der Waals surface area contributed by atoms with Crippen molar-refractivity contribution in [3.8, 4) is 0 Å². The molecular formula is C22H23N5OS. The van der Waals surface area contributed by atoms with E-state index in [4.69, 9.17) is 0 Å². The quantitative estimate of drug-likeness (QED) is 0.640. The Labute approximate surface area is 174 Å². The molecule has 1 aliphatic rings. The minimum absolute atomic E-state index is 0.0405. The molecule has 0 spiro atoms. The lowest BCUT2D eigenvalue weighted by atomic mass is 10.0. The van der Waals surface area contributed by atoms with Gasteiger partial charge in [0.05, 0.1) is 5.69 Å². The lowest BCUT2D eigenvalue weighted by Crippen LogP contribution is -2.26. The molecule has 0 bridgehead atoms. The second-order valence-corrected chi connectivity index (χ2v) is 8.37. The summed E-state index contributed by atoms with van der Waals surface area (Å²) < 4.78 is 0. The zero-order valence-electron chi connectivity index (χ0n) is 16.5. The zero-order chi connectivity index (χ0) is 20.2. The summed E-state index contributed by atoms with van der Waals surface area (Å²) in [7, 11) is 0. The number of likely N-dealkylation sites (tertiary alicyclic amines) is 1. The SMILES string of the molecule is Cc1nc(Nc2ncc(C)s2)cc([C@H]2CCN(C(=O)/C=C/c3ccccc3)C2)n1. The molecule has 0 unspecified atom stereocenters. The number of thiazole rings is 1. The highest BCUT2D eigenvalue weighted by Gasteiger charge is 2.27. The molecule has 1 atom stereocenters. The fourth-order valence-corrected chi connectivity index (χ4v) is 4.10. The van der Waals surface area contributed by atoms with Crippen LogP contribution in [0.5, 0.6) is 0 Å². The van der Waals surface area contributed by atoms with Crippen molar-refractivity contribution in [1.82, 2.24) is 19.9 Å². The maximum absolute atomic E-state index is 12.6. The van der Waals surface area contributed by atoms with Gasteiger partial charge in [0.15, 0.2) is 5.13 Å². The van der Waals surface area contributed by atoms with Crippen molar-refractivity contribution in [2.24, 2.45) is 0 Å². The van der Waals surface area contributed by atoms with Crippen LogP contribution in [0.25, 0.3) is 6.08 Å². The molecule has 1 aromatic carbocycles. The Kier molecular flexibility index (Phi) is 5.67. The molecule has 2 aromatic heterocycles. The Morgan fingerprint density at radius 3 is 2.83 bits per heavy atom. The summed E-state index contributed by atoms with van der Waals surface area (Å²) in [6, 6.07) is 11.8. The Bertz CT molecular complexity index is 1030. The number of carbonyl (C=O) groups excluding carboxylic acids is 1. The number of benzene rings is 1. The minimum atomic E-state index is 0.0405. The summed E-state index contributed by atoms with van der Waals surface area (Å²) in [5.74, 6) is 1.71. The van der Waals surface area contributed by atoms with Gasteiger partial charge in [-0.2, -0.15) is 0 Å². The lowest BCUT2D eigenvalue weighted by molar-refractivity contribution is -0.124. The van der Waals surface area contributed by atoms with E-state index in [2.05, 4.69) is 20.3 Å². The summed E-state index contributed by atoms with van der Waals surface area (Å²) in [4.78, 5) is 29.0. The van der Waals surface area contributed by atoms with Crippen LogP contribution in [0, 0.1) is 13.8 Å². The standard InChI is InChI=1S/C22H23N5OS/c1-15-13-23-22(29-15)26-20-12-19(24-16(2)25-20)18-10-11-27(14-18)21(28)9-8-17-6-4-3-5-7-17/h3-9,12-13,18H,10-11,14H2,1-2H3,(H,23,24,25,26)/b9-8+/t18-/m0/s1. The summed E-state index contributed by atoms with van der Waals surface area (Å²) in [6.45, 7) is 5.32. The molecular weight excluding hydrogens is 382 g/mol. The molecule has 6 nitrogen and oxygen atoms in total. The van der Waals surface area contributed by atoms with Gasteiger partial charge < -0.3 is 10.2 Å². The second-order valence-electron chi connectivity index (χ2n) is 7.14. The van der Waals surface area contributed by atoms with Gasteiger partial charge in [-0.3, -0.25) is 4.79 Å². The van der Waals surface area contributed by atoms with Gasteiger partial charge in [0.1, 0.15) is 11.6 Å². The molecule has 0 aliphatic carbocycles. The van der Waals surface area contributed by atoms with Crippen LogP contribution in [-0.2, 0) is 4.79 Å². The third-order valence-electron chi connectivity index (χ3n) is 4.85. The smallest absolute Gasteiger partial charge is 0.246 e. The molecule has 1 saturated heterocycles. The van der Waals surface area contributed by atoms with Crippen molar-refractivity contribution < 1.29 is 4.79 Å². The third kappa shape index (κ3) is 4.86. The molecule has 4 rings (SSSR count). The normalized spacial score (nSPS) is 16.5. The fourth-order valence-electron chi connectivity index (χ4n) is 3.42. The van der Waals surface area contributed by atoms with E-state index in [0.29, 0.717) is 12.4 Å². The fraction of sp³-hybridized carbons (Fsp3) is 0.273. The van der Waals surface area contributed by atoms with Gasteiger partial charge in [-0.1, -0.05) is 30.3 Å². The lowest BCUT2D eigenvalue weighted by Gasteiger charge is -2.15. The molecule has 1 aliphatic heterocycles. The van der Waals surface area contributed by atoms with E-state index in [1.165, 1.54) is 0 Å². The van der Waals surface area contributed by atoms with E-state index in [0.717, 1.165) is 40.0 Å². The topological polar surface area (TPSA) is 71.0 Å². The van der Waals surface area contributed by atoms with Crippen LogP contribution in [0.2, 0.25) is 0 Å². The van der Waals surface area contributed by atoms with Crippen LogP contribution in [0.15, 0.2) is 48.7 Å². The number of amides is 1. The molecule has 148 valence electrons. The number of aryl methyl sites for hydroxylation is 2. The molecule has 3 aromatic rings. The number of aromatic nitrogens is 3. The number of nitrogens with zero attached hydrogens (tertiary/aromatic N) is 4. The molecule has 0 radical (unpaired) electrons. The monoisotopic (exact) mass is 405 g/mol. The van der Waals surface area contributed by atoms with Gasteiger partial charge in [0, 0.05) is 42.2 Å². The van der Waals surface area contributed by atoms with Gasteiger partial charge in [-0.15, -0.1) is 11.3 Å². The number of hydrogen-bond acceptors (Lipinski definition) is 6. The van der Waals surface area contributed by atoms with Gasteiger partial charge in [-0.05, 0) is 31.9 Å². The van der Waals surface area contributed by atoms with Crippen molar-refractivity contribution in [3.63, 3.8) is 0 Å². The maximum atomic E-state index is 12.6. The van der Waals surface area contributed by atoms with Gasteiger partial charge >= 0.3 is 0 Å². The van der Waals surface area contributed by atoms with Crippen LogP contribution in [-0.4, -0.2) is 38.8 Å². The maximum Gasteiger partial charge on any atom is 0.246 e. The first-order chi connectivity index (χ1) is 14.1. The Morgan fingerprint density at radius 1 is 1.24 bits per heavy atom. The molecule has 7 heteroatoms. The van der Waals surface area contributed by atoms with Crippen LogP contribution < -0.4 is 5.32 Å². The van der Waals surface area contributed by atoms with Crippen molar-refractivity contribution in [2.45, 2.75) is 26.2 Å². The highest BCUT2D eigenvalue weighted by atomic mass is 32.1. The third-order valence-corrected chi connectivity index (χ3v) is 5.68. The zero-order valence-corrected chi connectivity index (χ0v) is 17.3. The molecule has 1 fully saturated rings. The number of rotatable bonds is 5. The number of nitrogens with one attached hydrogen (secondary N) is 1. The van der Waals surface area contributed by atoms with Crippen molar-refractivity contribution in [1.29, 1.82) is 0 Å². The van der Waals surface area contributed by atoms with Gasteiger partial charge in [-0.25, -0.2) is 15.0 Å². The van der Waals surface area contributed by atoms with E-state index in [1.54, 1.807) is 17.4 Å². The number of hydrogen-bond donors (Lipinski definition) is 1. The van der Waals surface area contributed by atoms with E-state index in [1.807, 2.05) is 67.4 Å².